The third kappa shape index (κ3) is 4.17. The van der Waals surface area contributed by atoms with Gasteiger partial charge in [-0.05, 0) is 41.6 Å². The molecule has 3 rings (SSSR count). The highest BCUT2D eigenvalue weighted by Gasteiger charge is 2.19. The van der Waals surface area contributed by atoms with E-state index >= 15 is 0 Å². The van der Waals surface area contributed by atoms with E-state index in [0.717, 1.165) is 22.6 Å². The zero-order valence-corrected chi connectivity index (χ0v) is 15.1. The summed E-state index contributed by atoms with van der Waals surface area (Å²) < 4.78 is 5.43. The van der Waals surface area contributed by atoms with Crippen molar-refractivity contribution in [3.63, 3.8) is 0 Å². The molecule has 2 aromatic rings. The van der Waals surface area contributed by atoms with Crippen LogP contribution in [0.2, 0.25) is 0 Å². The molecule has 0 saturated carbocycles. The molecule has 1 heterocycles. The lowest BCUT2D eigenvalue weighted by Crippen LogP contribution is -2.37. The smallest absolute Gasteiger partial charge is 0.313 e. The Bertz CT molecular complexity index is 825. The molecule has 2 amide bonds. The Morgan fingerprint density at radius 3 is 2.85 bits per heavy atom. The van der Waals surface area contributed by atoms with Crippen LogP contribution in [0.4, 0.5) is 5.69 Å². The summed E-state index contributed by atoms with van der Waals surface area (Å²) in [5.41, 5.74) is 2.31. The number of nitrogens with one attached hydrogen (secondary N) is 2. The molecule has 26 heavy (non-hydrogen) atoms. The van der Waals surface area contributed by atoms with Gasteiger partial charge in [0.05, 0.1) is 18.4 Å². The number of hydrogen-bond donors (Lipinski definition) is 3. The van der Waals surface area contributed by atoms with Crippen molar-refractivity contribution in [1.82, 2.24) is 5.32 Å². The van der Waals surface area contributed by atoms with Gasteiger partial charge in [0.25, 0.3) is 0 Å². The topological polar surface area (TPSA) is 87.7 Å². The predicted molar refractivity (Wildman–Crippen MR) is 100 cm³/mol. The van der Waals surface area contributed by atoms with Crippen molar-refractivity contribution in [2.24, 2.45) is 0 Å². The number of hydrogen-bond acceptors (Lipinski definition) is 5. The molecule has 1 aliphatic rings. The van der Waals surface area contributed by atoms with Gasteiger partial charge in [0.1, 0.15) is 5.75 Å². The molecule has 1 aliphatic heterocycles. The van der Waals surface area contributed by atoms with Crippen LogP contribution in [0.5, 0.6) is 5.75 Å². The molecule has 7 heteroatoms. The van der Waals surface area contributed by atoms with Gasteiger partial charge in [-0.25, -0.2) is 0 Å². The molecule has 2 aromatic carbocycles. The van der Waals surface area contributed by atoms with Gasteiger partial charge in [-0.2, -0.15) is 0 Å². The minimum Gasteiger partial charge on any atom is -0.493 e. The number of thioether (sulfide) groups is 1. The number of aliphatic hydroxyl groups is 1. The van der Waals surface area contributed by atoms with Gasteiger partial charge in [0.2, 0.25) is 0 Å². The molecule has 6 nitrogen and oxygen atoms in total. The second-order valence-corrected chi connectivity index (χ2v) is 6.69. The fraction of sp³-hybridized carbons (Fsp3) is 0.263. The van der Waals surface area contributed by atoms with Crippen molar-refractivity contribution in [2.45, 2.75) is 17.4 Å². The molecule has 0 radical (unpaired) electrons. The van der Waals surface area contributed by atoms with Crippen LogP contribution >= 0.6 is 11.8 Å². The van der Waals surface area contributed by atoms with Gasteiger partial charge in [-0.15, -0.1) is 11.8 Å². The quantitative estimate of drug-likeness (QED) is 0.553. The third-order valence-corrected chi connectivity index (χ3v) is 4.91. The van der Waals surface area contributed by atoms with Crippen LogP contribution in [-0.4, -0.2) is 36.3 Å². The summed E-state index contributed by atoms with van der Waals surface area (Å²) in [5, 5.41) is 15.3. The van der Waals surface area contributed by atoms with Gasteiger partial charge in [-0.3, -0.25) is 9.59 Å². The number of anilines is 1. The molecule has 1 atom stereocenters. The van der Waals surface area contributed by atoms with E-state index in [4.69, 9.17) is 4.74 Å². The van der Waals surface area contributed by atoms with Crippen molar-refractivity contribution >= 4 is 29.3 Å². The summed E-state index contributed by atoms with van der Waals surface area (Å²) in [4.78, 5) is 24.9. The van der Waals surface area contributed by atoms with Crippen LogP contribution in [0.15, 0.2) is 47.4 Å². The highest BCUT2D eigenvalue weighted by molar-refractivity contribution is 7.98. The Labute approximate surface area is 155 Å². The second kappa shape index (κ2) is 8.25. The molecule has 0 unspecified atom stereocenters. The van der Waals surface area contributed by atoms with Gasteiger partial charge in [0.15, 0.2) is 0 Å². The van der Waals surface area contributed by atoms with E-state index in [1.165, 1.54) is 11.8 Å². The number of benzene rings is 2. The Morgan fingerprint density at radius 2 is 2.04 bits per heavy atom. The van der Waals surface area contributed by atoms with Crippen molar-refractivity contribution in [1.29, 1.82) is 0 Å². The lowest BCUT2D eigenvalue weighted by molar-refractivity contribution is -0.136. The number of para-hydroxylation sites is 1. The fourth-order valence-electron chi connectivity index (χ4n) is 2.73. The van der Waals surface area contributed by atoms with Crippen LogP contribution < -0.4 is 15.4 Å². The van der Waals surface area contributed by atoms with Crippen LogP contribution in [0, 0.1) is 0 Å². The summed E-state index contributed by atoms with van der Waals surface area (Å²) in [6.45, 7) is 0.597. The molecule has 0 aliphatic carbocycles. The Balaban J connectivity index is 1.55. The standard InChI is InChI=1S/C19H20N2O4S/c1-26-17-5-3-2-4-14(17)21-19(24)18(23)20-11-15(22)12-6-7-16-13(10-12)8-9-25-16/h2-7,10,15,22H,8-9,11H2,1H3,(H,20,23)(H,21,24)/t15-/m0/s1. The molecule has 136 valence electrons. The van der Waals surface area contributed by atoms with E-state index in [0.29, 0.717) is 17.9 Å². The van der Waals surface area contributed by atoms with Gasteiger partial charge in [-0.1, -0.05) is 18.2 Å². The number of fused-ring (bicyclic) bond motifs is 1. The zero-order valence-electron chi connectivity index (χ0n) is 14.3. The highest BCUT2D eigenvalue weighted by atomic mass is 32.2. The van der Waals surface area contributed by atoms with Crippen molar-refractivity contribution in [3.8, 4) is 5.75 Å². The first-order chi connectivity index (χ1) is 12.6. The van der Waals surface area contributed by atoms with Crippen LogP contribution in [0.1, 0.15) is 17.2 Å². The first-order valence-electron chi connectivity index (χ1n) is 8.24. The second-order valence-electron chi connectivity index (χ2n) is 5.85. The molecule has 0 saturated heterocycles. The number of ether oxygens (including phenoxy) is 1. The summed E-state index contributed by atoms with van der Waals surface area (Å²) in [6.07, 6.45) is 1.80. The largest absolute Gasteiger partial charge is 0.493 e. The average Bonchev–Trinajstić information content (AvgIpc) is 3.13. The number of carbonyl (C=O) groups excluding carboxylic acids is 2. The van der Waals surface area contributed by atoms with E-state index in [1.54, 1.807) is 18.2 Å². The van der Waals surface area contributed by atoms with Crippen LogP contribution in [0.3, 0.4) is 0 Å². The third-order valence-electron chi connectivity index (χ3n) is 4.12. The van der Waals surface area contributed by atoms with Gasteiger partial charge < -0.3 is 20.5 Å². The normalized spacial score (nSPS) is 13.5. The van der Waals surface area contributed by atoms with Gasteiger partial charge >= 0.3 is 11.8 Å². The zero-order chi connectivity index (χ0) is 18.5. The maximum absolute atomic E-state index is 12.1. The van der Waals surface area contributed by atoms with E-state index < -0.39 is 17.9 Å². The van der Waals surface area contributed by atoms with Crippen molar-refractivity contribution < 1.29 is 19.4 Å². The lowest BCUT2D eigenvalue weighted by atomic mass is 10.0. The van der Waals surface area contributed by atoms with E-state index in [1.807, 2.05) is 30.5 Å². The summed E-state index contributed by atoms with van der Waals surface area (Å²) in [6, 6.07) is 12.7. The molecular weight excluding hydrogens is 352 g/mol. The lowest BCUT2D eigenvalue weighted by Gasteiger charge is -2.14. The summed E-state index contributed by atoms with van der Waals surface area (Å²) in [5.74, 6) is -0.720. The number of rotatable bonds is 5. The summed E-state index contributed by atoms with van der Waals surface area (Å²) >= 11 is 1.48. The fourth-order valence-corrected chi connectivity index (χ4v) is 3.28. The van der Waals surface area contributed by atoms with E-state index in [2.05, 4.69) is 10.6 Å². The highest BCUT2D eigenvalue weighted by Crippen LogP contribution is 2.28. The maximum atomic E-state index is 12.1. The minimum atomic E-state index is -0.892. The summed E-state index contributed by atoms with van der Waals surface area (Å²) in [7, 11) is 0. The Morgan fingerprint density at radius 1 is 1.23 bits per heavy atom. The molecule has 0 fully saturated rings. The van der Waals surface area contributed by atoms with Gasteiger partial charge in [0, 0.05) is 17.9 Å². The first kappa shape index (κ1) is 18.3. The van der Waals surface area contributed by atoms with Crippen LogP contribution in [0.25, 0.3) is 0 Å². The molecule has 0 bridgehead atoms. The monoisotopic (exact) mass is 372 g/mol. The maximum Gasteiger partial charge on any atom is 0.313 e. The predicted octanol–water partition coefficient (Wildman–Crippen LogP) is 2.13. The molecular formula is C19H20N2O4S. The number of carbonyl (C=O) groups is 2. The Kier molecular flexibility index (Phi) is 5.80. The van der Waals surface area contributed by atoms with E-state index in [-0.39, 0.29) is 6.54 Å². The number of amides is 2. The molecule has 0 spiro atoms. The first-order valence-corrected chi connectivity index (χ1v) is 9.47. The van der Waals surface area contributed by atoms with Crippen molar-refractivity contribution in [2.75, 3.05) is 24.7 Å². The number of aliphatic hydroxyl groups excluding tert-OH is 1. The molecule has 0 aromatic heterocycles. The minimum absolute atomic E-state index is 0.0456. The Hall–Kier alpha value is -2.51. The van der Waals surface area contributed by atoms with Crippen molar-refractivity contribution in [3.05, 3.63) is 53.6 Å². The molecule has 3 N–H and O–H groups in total. The average molecular weight is 372 g/mol. The SMILES string of the molecule is CSc1ccccc1NC(=O)C(=O)NC[C@H](O)c1ccc2c(c1)CCO2. The van der Waals surface area contributed by atoms with E-state index in [9.17, 15) is 14.7 Å². The van der Waals surface area contributed by atoms with Crippen LogP contribution in [-0.2, 0) is 16.0 Å².